The van der Waals surface area contributed by atoms with E-state index >= 15 is 0 Å². The molecule has 2 aromatic carbocycles. The van der Waals surface area contributed by atoms with Crippen molar-refractivity contribution >= 4 is 29.3 Å². The SMILES string of the molecule is O=C(O)c1ccc(CSc2ccccc2F)c(Cl)c1. The highest BCUT2D eigenvalue weighted by atomic mass is 35.5. The molecule has 2 nitrogen and oxygen atoms in total. The summed E-state index contributed by atoms with van der Waals surface area (Å²) in [4.78, 5) is 11.3. The van der Waals surface area contributed by atoms with Gasteiger partial charge in [-0.3, -0.25) is 0 Å². The van der Waals surface area contributed by atoms with Gasteiger partial charge in [0.05, 0.1) is 5.56 Å². The molecule has 2 aromatic rings. The zero-order chi connectivity index (χ0) is 13.8. The summed E-state index contributed by atoms with van der Waals surface area (Å²) in [6, 6.07) is 11.0. The van der Waals surface area contributed by atoms with Crippen molar-refractivity contribution in [1.29, 1.82) is 0 Å². The van der Waals surface area contributed by atoms with E-state index in [0.29, 0.717) is 15.7 Å². The maximum Gasteiger partial charge on any atom is 0.335 e. The Kier molecular flexibility index (Phi) is 4.45. The number of benzene rings is 2. The van der Waals surface area contributed by atoms with Crippen LogP contribution in [0.15, 0.2) is 47.4 Å². The number of carboxylic acid groups (broad SMARTS) is 1. The van der Waals surface area contributed by atoms with E-state index in [-0.39, 0.29) is 11.4 Å². The Bertz CT molecular complexity index is 616. The van der Waals surface area contributed by atoms with Crippen LogP contribution in [0, 0.1) is 5.82 Å². The summed E-state index contributed by atoms with van der Waals surface area (Å²) in [5.74, 6) is -0.805. The lowest BCUT2D eigenvalue weighted by molar-refractivity contribution is 0.0697. The third kappa shape index (κ3) is 3.49. The van der Waals surface area contributed by atoms with E-state index in [9.17, 15) is 9.18 Å². The van der Waals surface area contributed by atoms with E-state index in [1.54, 1.807) is 24.3 Å². The lowest BCUT2D eigenvalue weighted by atomic mass is 10.1. The predicted octanol–water partition coefficient (Wildman–Crippen LogP) is 4.47. The number of carbonyl (C=O) groups is 1. The van der Waals surface area contributed by atoms with Crippen LogP contribution in [-0.2, 0) is 5.75 Å². The Hall–Kier alpha value is -1.52. The van der Waals surface area contributed by atoms with Crippen LogP contribution in [0.25, 0.3) is 0 Å². The Morgan fingerprint density at radius 2 is 2.00 bits per heavy atom. The Balaban J connectivity index is 2.12. The van der Waals surface area contributed by atoms with Crippen LogP contribution in [0.3, 0.4) is 0 Å². The molecule has 1 N–H and O–H groups in total. The molecule has 0 bridgehead atoms. The second-order valence-electron chi connectivity index (χ2n) is 3.83. The average molecular weight is 297 g/mol. The minimum atomic E-state index is -1.02. The van der Waals surface area contributed by atoms with Crippen LogP contribution in [0.2, 0.25) is 5.02 Å². The third-order valence-corrected chi connectivity index (χ3v) is 3.97. The lowest BCUT2D eigenvalue weighted by Gasteiger charge is -2.06. The highest BCUT2D eigenvalue weighted by Crippen LogP contribution is 2.28. The molecule has 0 unspecified atom stereocenters. The molecule has 98 valence electrons. The molecule has 0 aliphatic rings. The molecule has 0 heterocycles. The maximum absolute atomic E-state index is 13.4. The van der Waals surface area contributed by atoms with Gasteiger partial charge >= 0.3 is 5.97 Å². The summed E-state index contributed by atoms with van der Waals surface area (Å²) in [7, 11) is 0. The molecule has 0 fully saturated rings. The van der Waals surface area contributed by atoms with E-state index in [1.165, 1.54) is 30.0 Å². The molecule has 19 heavy (non-hydrogen) atoms. The average Bonchev–Trinajstić information content (AvgIpc) is 2.39. The molecular formula is C14H10ClFO2S. The van der Waals surface area contributed by atoms with E-state index in [1.807, 2.05) is 0 Å². The van der Waals surface area contributed by atoms with E-state index in [0.717, 1.165) is 5.56 Å². The van der Waals surface area contributed by atoms with Gasteiger partial charge in [0.25, 0.3) is 0 Å². The fourth-order valence-electron chi connectivity index (χ4n) is 1.51. The summed E-state index contributed by atoms with van der Waals surface area (Å²) in [5, 5.41) is 9.21. The van der Waals surface area contributed by atoms with E-state index in [2.05, 4.69) is 0 Å². The zero-order valence-electron chi connectivity index (χ0n) is 9.77. The molecule has 5 heteroatoms. The van der Waals surface area contributed by atoms with Gasteiger partial charge in [-0.1, -0.05) is 29.8 Å². The molecular weight excluding hydrogens is 287 g/mol. The summed E-state index contributed by atoms with van der Waals surface area (Å²) in [5.41, 5.74) is 0.921. The van der Waals surface area contributed by atoms with Gasteiger partial charge in [-0.2, -0.15) is 0 Å². The molecule has 0 spiro atoms. The van der Waals surface area contributed by atoms with Crippen molar-refractivity contribution in [2.24, 2.45) is 0 Å². The molecule has 0 amide bonds. The topological polar surface area (TPSA) is 37.3 Å². The minimum Gasteiger partial charge on any atom is -0.478 e. The highest BCUT2D eigenvalue weighted by molar-refractivity contribution is 7.98. The number of halogens is 2. The second kappa shape index (κ2) is 6.08. The fourth-order valence-corrected chi connectivity index (χ4v) is 2.78. The zero-order valence-corrected chi connectivity index (χ0v) is 11.3. The summed E-state index contributed by atoms with van der Waals surface area (Å²) < 4.78 is 13.4. The third-order valence-electron chi connectivity index (χ3n) is 2.52. The van der Waals surface area contributed by atoms with Gasteiger partial charge in [0.1, 0.15) is 5.82 Å². The molecule has 0 saturated carbocycles. The molecule has 0 aromatic heterocycles. The fraction of sp³-hybridized carbons (Fsp3) is 0.0714. The molecule has 0 saturated heterocycles. The monoisotopic (exact) mass is 296 g/mol. The van der Waals surface area contributed by atoms with Crippen LogP contribution in [0.1, 0.15) is 15.9 Å². The number of aromatic carboxylic acids is 1. The molecule has 0 atom stereocenters. The number of hydrogen-bond donors (Lipinski definition) is 1. The van der Waals surface area contributed by atoms with Crippen LogP contribution < -0.4 is 0 Å². The van der Waals surface area contributed by atoms with Gasteiger partial charge in [-0.05, 0) is 29.8 Å². The Morgan fingerprint density at radius 3 is 2.63 bits per heavy atom. The van der Waals surface area contributed by atoms with Crippen molar-refractivity contribution < 1.29 is 14.3 Å². The lowest BCUT2D eigenvalue weighted by Crippen LogP contribution is -1.96. The quantitative estimate of drug-likeness (QED) is 0.846. The molecule has 2 rings (SSSR count). The number of hydrogen-bond acceptors (Lipinski definition) is 2. The molecule has 0 aliphatic heterocycles. The van der Waals surface area contributed by atoms with Crippen molar-refractivity contribution in [2.45, 2.75) is 10.6 Å². The van der Waals surface area contributed by atoms with Gasteiger partial charge in [0, 0.05) is 15.7 Å². The first-order valence-electron chi connectivity index (χ1n) is 5.47. The molecule has 0 radical (unpaired) electrons. The minimum absolute atomic E-state index is 0.143. The van der Waals surface area contributed by atoms with Gasteiger partial charge in [-0.15, -0.1) is 11.8 Å². The van der Waals surface area contributed by atoms with Crippen molar-refractivity contribution in [3.63, 3.8) is 0 Å². The Labute approximate surface area is 119 Å². The summed E-state index contributed by atoms with van der Waals surface area (Å²) in [6.45, 7) is 0. The number of rotatable bonds is 4. The maximum atomic E-state index is 13.4. The summed E-state index contributed by atoms with van der Waals surface area (Å²) in [6.07, 6.45) is 0. The van der Waals surface area contributed by atoms with Gasteiger partial charge < -0.3 is 5.11 Å². The van der Waals surface area contributed by atoms with E-state index < -0.39 is 5.97 Å². The Morgan fingerprint density at radius 1 is 1.26 bits per heavy atom. The first-order valence-corrected chi connectivity index (χ1v) is 6.83. The smallest absolute Gasteiger partial charge is 0.335 e. The summed E-state index contributed by atoms with van der Waals surface area (Å²) >= 11 is 7.33. The highest BCUT2D eigenvalue weighted by Gasteiger charge is 2.08. The predicted molar refractivity (Wildman–Crippen MR) is 74.4 cm³/mol. The second-order valence-corrected chi connectivity index (χ2v) is 5.25. The van der Waals surface area contributed by atoms with Crippen molar-refractivity contribution in [1.82, 2.24) is 0 Å². The number of thioether (sulfide) groups is 1. The number of carboxylic acids is 1. The standard InChI is InChI=1S/C14H10ClFO2S/c15-11-7-9(14(17)18)5-6-10(11)8-19-13-4-2-1-3-12(13)16/h1-7H,8H2,(H,17,18). The van der Waals surface area contributed by atoms with Crippen molar-refractivity contribution in [3.05, 3.63) is 64.4 Å². The van der Waals surface area contributed by atoms with Gasteiger partial charge in [-0.25, -0.2) is 9.18 Å². The van der Waals surface area contributed by atoms with Crippen LogP contribution >= 0.6 is 23.4 Å². The first kappa shape index (κ1) is 13.9. The van der Waals surface area contributed by atoms with Crippen LogP contribution in [-0.4, -0.2) is 11.1 Å². The van der Waals surface area contributed by atoms with Gasteiger partial charge in [0.15, 0.2) is 0 Å². The largest absolute Gasteiger partial charge is 0.478 e. The normalized spacial score (nSPS) is 10.4. The van der Waals surface area contributed by atoms with E-state index in [4.69, 9.17) is 16.7 Å². The first-order chi connectivity index (χ1) is 9.08. The van der Waals surface area contributed by atoms with Crippen LogP contribution in [0.5, 0.6) is 0 Å². The van der Waals surface area contributed by atoms with Gasteiger partial charge in [0.2, 0.25) is 0 Å². The van der Waals surface area contributed by atoms with Crippen molar-refractivity contribution in [2.75, 3.05) is 0 Å². The van der Waals surface area contributed by atoms with Crippen LogP contribution in [0.4, 0.5) is 4.39 Å². The molecule has 0 aliphatic carbocycles. The van der Waals surface area contributed by atoms with Crippen molar-refractivity contribution in [3.8, 4) is 0 Å².